The third-order valence-electron chi connectivity index (χ3n) is 5.16. The van der Waals surface area contributed by atoms with E-state index in [-0.39, 0.29) is 6.61 Å². The van der Waals surface area contributed by atoms with Crippen molar-refractivity contribution in [3.8, 4) is 0 Å². The molecule has 0 unspecified atom stereocenters. The average molecular weight is 399 g/mol. The molecule has 3 nitrogen and oxygen atoms in total. The molecule has 0 aliphatic carbocycles. The third-order valence-corrected chi connectivity index (χ3v) is 5.16. The Morgan fingerprint density at radius 3 is 1.43 bits per heavy atom. The van der Waals surface area contributed by atoms with E-state index in [1.807, 2.05) is 0 Å². The summed E-state index contributed by atoms with van der Waals surface area (Å²) in [6.07, 6.45) is 27.9. The topological polar surface area (TPSA) is 38.7 Å². The summed E-state index contributed by atoms with van der Waals surface area (Å²) in [6, 6.07) is 0. The second-order valence-corrected chi connectivity index (χ2v) is 7.95. The summed E-state index contributed by atoms with van der Waals surface area (Å²) in [5, 5.41) is 8.58. The number of aliphatic hydroxyl groups is 1. The van der Waals surface area contributed by atoms with Gasteiger partial charge in [0.05, 0.1) is 26.4 Å². The van der Waals surface area contributed by atoms with E-state index in [0.29, 0.717) is 19.8 Å². The highest BCUT2D eigenvalue weighted by Gasteiger charge is 1.94. The van der Waals surface area contributed by atoms with Crippen molar-refractivity contribution < 1.29 is 14.6 Å². The number of allylic oxidation sites excluding steroid dienone is 2. The Morgan fingerprint density at radius 2 is 0.929 bits per heavy atom. The SMILES string of the molecule is CCCCCCCC/C=C/CCCCCCCCCCCOCCOCCO. The van der Waals surface area contributed by atoms with Crippen LogP contribution in [0, 0.1) is 0 Å². The lowest BCUT2D eigenvalue weighted by molar-refractivity contribution is 0.0321. The maximum Gasteiger partial charge on any atom is 0.0701 e. The van der Waals surface area contributed by atoms with Gasteiger partial charge in [-0.25, -0.2) is 0 Å². The van der Waals surface area contributed by atoms with Gasteiger partial charge >= 0.3 is 0 Å². The number of rotatable bonds is 24. The molecule has 0 aliphatic rings. The van der Waals surface area contributed by atoms with Crippen molar-refractivity contribution in [2.24, 2.45) is 0 Å². The summed E-state index contributed by atoms with van der Waals surface area (Å²) >= 11 is 0. The van der Waals surface area contributed by atoms with E-state index < -0.39 is 0 Å². The van der Waals surface area contributed by atoms with Gasteiger partial charge in [-0.2, -0.15) is 0 Å². The highest BCUT2D eigenvalue weighted by atomic mass is 16.5. The molecular formula is C25H50O3. The first-order valence-corrected chi connectivity index (χ1v) is 12.3. The quantitative estimate of drug-likeness (QED) is 0.138. The fraction of sp³-hybridized carbons (Fsp3) is 0.920. The van der Waals surface area contributed by atoms with Crippen molar-refractivity contribution in [2.45, 2.75) is 116 Å². The van der Waals surface area contributed by atoms with Gasteiger partial charge in [-0.15, -0.1) is 0 Å². The van der Waals surface area contributed by atoms with Gasteiger partial charge in [0.15, 0.2) is 0 Å². The molecule has 0 aromatic carbocycles. The van der Waals surface area contributed by atoms with Gasteiger partial charge in [0.1, 0.15) is 0 Å². The van der Waals surface area contributed by atoms with Gasteiger partial charge < -0.3 is 14.6 Å². The zero-order chi connectivity index (χ0) is 20.4. The van der Waals surface area contributed by atoms with Crippen LogP contribution in [-0.2, 0) is 9.47 Å². The first kappa shape index (κ1) is 27.6. The third kappa shape index (κ3) is 25.6. The summed E-state index contributed by atoms with van der Waals surface area (Å²) in [5.74, 6) is 0. The van der Waals surface area contributed by atoms with Crippen molar-refractivity contribution in [3.63, 3.8) is 0 Å². The van der Waals surface area contributed by atoms with Crippen molar-refractivity contribution in [1.82, 2.24) is 0 Å². The summed E-state index contributed by atoms with van der Waals surface area (Å²) in [5.41, 5.74) is 0. The van der Waals surface area contributed by atoms with E-state index in [0.717, 1.165) is 13.0 Å². The zero-order valence-electron chi connectivity index (χ0n) is 19.0. The summed E-state index contributed by atoms with van der Waals surface area (Å²) in [4.78, 5) is 0. The second kappa shape index (κ2) is 26.6. The van der Waals surface area contributed by atoms with E-state index in [1.54, 1.807) is 0 Å². The normalized spacial score (nSPS) is 11.6. The van der Waals surface area contributed by atoms with Crippen LogP contribution in [0.25, 0.3) is 0 Å². The fourth-order valence-corrected chi connectivity index (χ4v) is 3.37. The Morgan fingerprint density at radius 1 is 0.500 bits per heavy atom. The Balaban J connectivity index is 3.03. The molecule has 0 fully saturated rings. The molecule has 0 radical (unpaired) electrons. The van der Waals surface area contributed by atoms with Crippen LogP contribution < -0.4 is 0 Å². The lowest BCUT2D eigenvalue weighted by atomic mass is 10.1. The summed E-state index contributed by atoms with van der Waals surface area (Å²) in [7, 11) is 0. The number of ether oxygens (including phenoxy) is 2. The zero-order valence-corrected chi connectivity index (χ0v) is 19.0. The van der Waals surface area contributed by atoms with Crippen LogP contribution in [0.15, 0.2) is 12.2 Å². The number of aliphatic hydroxyl groups excluding tert-OH is 1. The predicted molar refractivity (Wildman–Crippen MR) is 122 cm³/mol. The van der Waals surface area contributed by atoms with E-state index in [1.165, 1.54) is 103 Å². The van der Waals surface area contributed by atoms with Crippen LogP contribution in [-0.4, -0.2) is 38.1 Å². The van der Waals surface area contributed by atoms with Crippen molar-refractivity contribution in [1.29, 1.82) is 0 Å². The number of hydrogen-bond donors (Lipinski definition) is 1. The summed E-state index contributed by atoms with van der Waals surface area (Å²) < 4.78 is 10.6. The molecule has 0 saturated heterocycles. The maximum atomic E-state index is 8.58. The van der Waals surface area contributed by atoms with E-state index in [9.17, 15) is 0 Å². The number of unbranched alkanes of at least 4 members (excludes halogenated alkanes) is 15. The molecule has 3 heteroatoms. The Bertz CT molecular complexity index is 292. The molecule has 0 rings (SSSR count). The van der Waals surface area contributed by atoms with E-state index >= 15 is 0 Å². The molecule has 0 spiro atoms. The monoisotopic (exact) mass is 398 g/mol. The molecule has 0 atom stereocenters. The van der Waals surface area contributed by atoms with Gasteiger partial charge in [0.2, 0.25) is 0 Å². The van der Waals surface area contributed by atoms with E-state index in [2.05, 4.69) is 19.1 Å². The van der Waals surface area contributed by atoms with E-state index in [4.69, 9.17) is 14.6 Å². The van der Waals surface area contributed by atoms with Gasteiger partial charge in [-0.05, 0) is 32.1 Å². The molecule has 0 heterocycles. The first-order chi connectivity index (χ1) is 13.9. The molecule has 28 heavy (non-hydrogen) atoms. The standard InChI is InChI=1S/C25H50O3/c1-2-3-4-5-6-7-8-9-10-11-12-13-14-15-16-17-18-19-20-22-27-24-25-28-23-21-26/h9-10,26H,2-8,11-25H2,1H3/b10-9+. The van der Waals surface area contributed by atoms with Crippen LogP contribution in [0.1, 0.15) is 116 Å². The molecule has 0 amide bonds. The van der Waals surface area contributed by atoms with Gasteiger partial charge in [0.25, 0.3) is 0 Å². The molecule has 0 aromatic rings. The Hall–Kier alpha value is -0.380. The van der Waals surface area contributed by atoms with Gasteiger partial charge in [-0.1, -0.05) is 96.1 Å². The molecule has 0 bridgehead atoms. The largest absolute Gasteiger partial charge is 0.394 e. The molecule has 168 valence electrons. The molecule has 1 N–H and O–H groups in total. The Kier molecular flexibility index (Phi) is 26.3. The molecule has 0 saturated carbocycles. The van der Waals surface area contributed by atoms with Gasteiger partial charge in [0, 0.05) is 6.61 Å². The predicted octanol–water partition coefficient (Wildman–Crippen LogP) is 7.22. The van der Waals surface area contributed by atoms with Crippen LogP contribution in [0.5, 0.6) is 0 Å². The molecule has 0 aliphatic heterocycles. The fourth-order valence-electron chi connectivity index (χ4n) is 3.37. The smallest absolute Gasteiger partial charge is 0.0701 e. The van der Waals surface area contributed by atoms with Crippen molar-refractivity contribution in [3.05, 3.63) is 12.2 Å². The first-order valence-electron chi connectivity index (χ1n) is 12.3. The maximum absolute atomic E-state index is 8.58. The second-order valence-electron chi connectivity index (χ2n) is 7.95. The minimum atomic E-state index is 0.0936. The minimum Gasteiger partial charge on any atom is -0.394 e. The lowest BCUT2D eigenvalue weighted by Crippen LogP contribution is -2.07. The highest BCUT2D eigenvalue weighted by Crippen LogP contribution is 2.11. The van der Waals surface area contributed by atoms with Crippen molar-refractivity contribution >= 4 is 0 Å². The van der Waals surface area contributed by atoms with Crippen LogP contribution in [0.2, 0.25) is 0 Å². The number of hydrogen-bond acceptors (Lipinski definition) is 3. The highest BCUT2D eigenvalue weighted by molar-refractivity contribution is 4.81. The van der Waals surface area contributed by atoms with Crippen LogP contribution in [0.3, 0.4) is 0 Å². The van der Waals surface area contributed by atoms with Crippen LogP contribution >= 0.6 is 0 Å². The molecule has 0 aromatic heterocycles. The van der Waals surface area contributed by atoms with Crippen LogP contribution in [0.4, 0.5) is 0 Å². The Labute approximate surface area is 176 Å². The summed E-state index contributed by atoms with van der Waals surface area (Å²) in [6.45, 7) is 4.87. The molecular weight excluding hydrogens is 348 g/mol. The average Bonchev–Trinajstić information content (AvgIpc) is 2.71. The minimum absolute atomic E-state index is 0.0936. The lowest BCUT2D eigenvalue weighted by Gasteiger charge is -2.05. The van der Waals surface area contributed by atoms with Gasteiger partial charge in [-0.3, -0.25) is 0 Å². The van der Waals surface area contributed by atoms with Crippen molar-refractivity contribution in [2.75, 3.05) is 33.0 Å².